The molecule has 2 heterocycles. The number of pyridine rings is 1. The first-order valence-electron chi connectivity index (χ1n) is 8.41. The fourth-order valence-electron chi connectivity index (χ4n) is 2.95. The molecule has 2 aromatic heterocycles. The van der Waals surface area contributed by atoms with Gasteiger partial charge in [-0.2, -0.15) is 5.10 Å². The molecule has 1 N–H and O–H groups in total. The summed E-state index contributed by atoms with van der Waals surface area (Å²) < 4.78 is 7.13. The fraction of sp³-hybridized carbons (Fsp3) is 0.316. The van der Waals surface area contributed by atoms with Gasteiger partial charge in [-0.15, -0.1) is 0 Å². The predicted molar refractivity (Wildman–Crippen MR) is 95.6 cm³/mol. The van der Waals surface area contributed by atoms with Crippen molar-refractivity contribution in [1.82, 2.24) is 20.1 Å². The topological polar surface area (TPSA) is 69.0 Å². The summed E-state index contributed by atoms with van der Waals surface area (Å²) in [5.74, 6) is 1.27. The Kier molecular flexibility index (Phi) is 3.87. The van der Waals surface area contributed by atoms with Crippen molar-refractivity contribution in [2.75, 3.05) is 13.7 Å². The van der Waals surface area contributed by atoms with Crippen LogP contribution in [-0.4, -0.2) is 34.3 Å². The van der Waals surface area contributed by atoms with E-state index in [0.29, 0.717) is 22.8 Å². The second-order valence-corrected chi connectivity index (χ2v) is 6.41. The van der Waals surface area contributed by atoms with Gasteiger partial charge >= 0.3 is 0 Å². The molecular formula is C19H20N4O2. The third-order valence-electron chi connectivity index (χ3n) is 4.58. The summed E-state index contributed by atoms with van der Waals surface area (Å²) in [6.07, 6.45) is 4.09. The highest BCUT2D eigenvalue weighted by molar-refractivity contribution is 6.06. The van der Waals surface area contributed by atoms with E-state index in [1.807, 2.05) is 37.4 Å². The third kappa shape index (κ3) is 2.95. The molecule has 1 amide bonds. The molecule has 1 aromatic carbocycles. The van der Waals surface area contributed by atoms with E-state index in [0.717, 1.165) is 23.2 Å². The molecule has 4 rings (SSSR count). The third-order valence-corrected chi connectivity index (χ3v) is 4.58. The molecule has 0 atom stereocenters. The van der Waals surface area contributed by atoms with Gasteiger partial charge in [0.25, 0.3) is 5.91 Å². The number of amides is 1. The molecule has 6 heteroatoms. The van der Waals surface area contributed by atoms with Crippen molar-refractivity contribution in [3.8, 4) is 17.0 Å². The quantitative estimate of drug-likeness (QED) is 0.778. The van der Waals surface area contributed by atoms with Crippen molar-refractivity contribution >= 4 is 16.9 Å². The Morgan fingerprint density at radius 3 is 2.92 bits per heavy atom. The lowest BCUT2D eigenvalue weighted by atomic mass is 10.1. The van der Waals surface area contributed by atoms with Gasteiger partial charge in [-0.1, -0.05) is 12.1 Å². The highest BCUT2D eigenvalue weighted by Crippen LogP contribution is 2.31. The largest absolute Gasteiger partial charge is 0.496 e. The Morgan fingerprint density at radius 1 is 1.36 bits per heavy atom. The predicted octanol–water partition coefficient (Wildman–Crippen LogP) is 2.78. The summed E-state index contributed by atoms with van der Waals surface area (Å²) in [6.45, 7) is 0.729. The van der Waals surface area contributed by atoms with Gasteiger partial charge in [0.1, 0.15) is 5.75 Å². The standard InChI is InChI=1S/C19H20N4O2/c1-23-18-15(11-21-23)14(19(24)20-10-12-7-8-12)9-16(22-18)13-5-3-4-6-17(13)25-2/h3-6,9,11-12H,7-8,10H2,1-2H3,(H,20,24). The number of hydrogen-bond donors (Lipinski definition) is 1. The van der Waals surface area contributed by atoms with E-state index in [1.165, 1.54) is 12.8 Å². The molecule has 3 aromatic rings. The van der Waals surface area contributed by atoms with Gasteiger partial charge in [0.15, 0.2) is 5.65 Å². The van der Waals surface area contributed by atoms with Crippen LogP contribution in [0.5, 0.6) is 5.75 Å². The first kappa shape index (κ1) is 15.6. The average molecular weight is 336 g/mol. The van der Waals surface area contributed by atoms with E-state index in [-0.39, 0.29) is 5.91 Å². The Morgan fingerprint density at radius 2 is 2.16 bits per heavy atom. The summed E-state index contributed by atoms with van der Waals surface area (Å²) >= 11 is 0. The molecule has 1 fully saturated rings. The van der Waals surface area contributed by atoms with Crippen LogP contribution in [0.15, 0.2) is 36.5 Å². The summed E-state index contributed by atoms with van der Waals surface area (Å²) in [5.41, 5.74) is 2.83. The Balaban J connectivity index is 1.82. The molecule has 1 aliphatic rings. The molecule has 6 nitrogen and oxygen atoms in total. The molecule has 0 unspecified atom stereocenters. The zero-order chi connectivity index (χ0) is 17.4. The molecule has 0 spiro atoms. The summed E-state index contributed by atoms with van der Waals surface area (Å²) in [7, 11) is 3.46. The number of nitrogens with zero attached hydrogens (tertiary/aromatic N) is 3. The molecule has 1 saturated carbocycles. The van der Waals surface area contributed by atoms with Gasteiger partial charge < -0.3 is 10.1 Å². The van der Waals surface area contributed by atoms with E-state index in [2.05, 4.69) is 10.4 Å². The maximum atomic E-state index is 12.7. The second-order valence-electron chi connectivity index (χ2n) is 6.41. The molecule has 25 heavy (non-hydrogen) atoms. The number of ether oxygens (including phenoxy) is 1. The van der Waals surface area contributed by atoms with Crippen molar-refractivity contribution in [1.29, 1.82) is 0 Å². The summed E-state index contributed by atoms with van der Waals surface area (Å²) in [4.78, 5) is 17.4. The van der Waals surface area contributed by atoms with Crippen molar-refractivity contribution < 1.29 is 9.53 Å². The zero-order valence-electron chi connectivity index (χ0n) is 14.3. The number of hydrogen-bond acceptors (Lipinski definition) is 4. The van der Waals surface area contributed by atoms with Crippen LogP contribution in [0.4, 0.5) is 0 Å². The van der Waals surface area contributed by atoms with Gasteiger partial charge in [-0.3, -0.25) is 9.48 Å². The highest BCUT2D eigenvalue weighted by Gasteiger charge is 2.23. The number of fused-ring (bicyclic) bond motifs is 1. The van der Waals surface area contributed by atoms with Crippen LogP contribution >= 0.6 is 0 Å². The van der Waals surface area contributed by atoms with Crippen LogP contribution in [0.2, 0.25) is 0 Å². The number of para-hydroxylation sites is 1. The number of benzene rings is 1. The first-order chi connectivity index (χ1) is 12.2. The Bertz CT molecular complexity index is 944. The molecule has 0 bridgehead atoms. The van der Waals surface area contributed by atoms with Gasteiger partial charge in [-0.05, 0) is 37.0 Å². The number of carbonyl (C=O) groups is 1. The maximum absolute atomic E-state index is 12.7. The maximum Gasteiger partial charge on any atom is 0.252 e. The fourth-order valence-corrected chi connectivity index (χ4v) is 2.95. The molecule has 0 saturated heterocycles. The van der Waals surface area contributed by atoms with Gasteiger partial charge in [-0.25, -0.2) is 4.98 Å². The Labute approximate surface area is 145 Å². The van der Waals surface area contributed by atoms with E-state index in [9.17, 15) is 4.79 Å². The number of carbonyl (C=O) groups excluding carboxylic acids is 1. The average Bonchev–Trinajstić information content (AvgIpc) is 3.41. The van der Waals surface area contributed by atoms with Gasteiger partial charge in [0.05, 0.1) is 30.0 Å². The van der Waals surface area contributed by atoms with Crippen molar-refractivity contribution in [3.05, 3.63) is 42.1 Å². The van der Waals surface area contributed by atoms with Crippen LogP contribution in [0.1, 0.15) is 23.2 Å². The van der Waals surface area contributed by atoms with Crippen LogP contribution in [0.25, 0.3) is 22.3 Å². The van der Waals surface area contributed by atoms with E-state index < -0.39 is 0 Å². The van der Waals surface area contributed by atoms with Crippen LogP contribution < -0.4 is 10.1 Å². The number of nitrogens with one attached hydrogen (secondary N) is 1. The van der Waals surface area contributed by atoms with Gasteiger partial charge in [0.2, 0.25) is 0 Å². The Hall–Kier alpha value is -2.89. The number of methoxy groups -OCH3 is 1. The van der Waals surface area contributed by atoms with E-state index in [1.54, 1.807) is 18.0 Å². The lowest BCUT2D eigenvalue weighted by molar-refractivity contribution is 0.0953. The molecule has 128 valence electrons. The van der Waals surface area contributed by atoms with Crippen molar-refractivity contribution in [2.24, 2.45) is 13.0 Å². The minimum absolute atomic E-state index is 0.0801. The first-order valence-corrected chi connectivity index (χ1v) is 8.41. The van der Waals surface area contributed by atoms with Gasteiger partial charge in [0, 0.05) is 19.2 Å². The monoisotopic (exact) mass is 336 g/mol. The van der Waals surface area contributed by atoms with Crippen LogP contribution in [0.3, 0.4) is 0 Å². The minimum atomic E-state index is -0.0801. The molecule has 0 aliphatic heterocycles. The molecule has 0 radical (unpaired) electrons. The number of aryl methyl sites for hydroxylation is 1. The molecular weight excluding hydrogens is 316 g/mol. The van der Waals surface area contributed by atoms with Crippen molar-refractivity contribution in [3.63, 3.8) is 0 Å². The summed E-state index contributed by atoms with van der Waals surface area (Å²) in [6, 6.07) is 9.49. The second kappa shape index (κ2) is 6.20. The zero-order valence-corrected chi connectivity index (χ0v) is 14.3. The van der Waals surface area contributed by atoms with Crippen LogP contribution in [0, 0.1) is 5.92 Å². The normalized spacial score (nSPS) is 13.8. The SMILES string of the molecule is COc1ccccc1-c1cc(C(=O)NCC2CC2)c2cnn(C)c2n1. The molecule has 1 aliphatic carbocycles. The minimum Gasteiger partial charge on any atom is -0.496 e. The smallest absolute Gasteiger partial charge is 0.252 e. The lowest BCUT2D eigenvalue weighted by Crippen LogP contribution is -2.25. The summed E-state index contributed by atoms with van der Waals surface area (Å²) in [5, 5.41) is 8.06. The van der Waals surface area contributed by atoms with Crippen molar-refractivity contribution in [2.45, 2.75) is 12.8 Å². The highest BCUT2D eigenvalue weighted by atomic mass is 16.5. The van der Waals surface area contributed by atoms with E-state index in [4.69, 9.17) is 9.72 Å². The van der Waals surface area contributed by atoms with E-state index >= 15 is 0 Å². The lowest BCUT2D eigenvalue weighted by Gasteiger charge is -2.11. The number of rotatable bonds is 5. The number of aromatic nitrogens is 3. The van der Waals surface area contributed by atoms with Crippen LogP contribution in [-0.2, 0) is 7.05 Å².